The number of halogens is 1. The average molecular weight is 371 g/mol. The molecule has 1 N–H and O–H groups in total. The Kier molecular flexibility index (Phi) is 11.6. The summed E-state index contributed by atoms with van der Waals surface area (Å²) in [5.74, 6) is 0.0705. The number of nitrogens with zero attached hydrogens (tertiary/aromatic N) is 3. The Morgan fingerprint density at radius 2 is 1.88 bits per heavy atom. The summed E-state index contributed by atoms with van der Waals surface area (Å²) in [6.45, 7) is 10.3. The Morgan fingerprint density at radius 3 is 2.40 bits per heavy atom. The van der Waals surface area contributed by atoms with E-state index in [4.69, 9.17) is 11.6 Å². The predicted octanol–water partition coefficient (Wildman–Crippen LogP) is 4.11. The normalized spacial score (nSPS) is 12.5. The summed E-state index contributed by atoms with van der Waals surface area (Å²) >= 11 is 5.83. The Labute approximate surface area is 158 Å². The largest absolute Gasteiger partial charge is 0.352 e. The third kappa shape index (κ3) is 10.5. The zero-order chi connectivity index (χ0) is 18.5. The van der Waals surface area contributed by atoms with Crippen LogP contribution in [0.25, 0.3) is 0 Å². The van der Waals surface area contributed by atoms with Crippen LogP contribution in [-0.4, -0.2) is 46.3 Å². The van der Waals surface area contributed by atoms with Crippen molar-refractivity contribution in [3.8, 4) is 0 Å². The van der Waals surface area contributed by atoms with Crippen LogP contribution in [0.15, 0.2) is 12.4 Å². The maximum Gasteiger partial charge on any atom is 0.222 e. The topological polar surface area (TPSA) is 50.2 Å². The molecule has 6 heteroatoms. The Balaban J connectivity index is 2.32. The average Bonchev–Trinajstić information content (AvgIpc) is 2.98. The summed E-state index contributed by atoms with van der Waals surface area (Å²) in [5, 5.41) is 7.81. The summed E-state index contributed by atoms with van der Waals surface area (Å²) in [6.07, 6.45) is 11.3. The highest BCUT2D eigenvalue weighted by Crippen LogP contribution is 2.06. The number of unbranched alkanes of at least 4 members (excludes halogenated alkanes) is 4. The summed E-state index contributed by atoms with van der Waals surface area (Å²) in [5.41, 5.74) is 0. The lowest BCUT2D eigenvalue weighted by molar-refractivity contribution is -0.122. The van der Waals surface area contributed by atoms with Crippen molar-refractivity contribution in [3.63, 3.8) is 0 Å². The molecule has 0 bridgehead atoms. The zero-order valence-electron chi connectivity index (χ0n) is 16.1. The summed E-state index contributed by atoms with van der Waals surface area (Å²) < 4.78 is 1.70. The smallest absolute Gasteiger partial charge is 0.222 e. The maximum atomic E-state index is 12.1. The molecule has 0 radical (unpaired) electrons. The molecule has 1 heterocycles. The fourth-order valence-corrected chi connectivity index (χ4v) is 3.08. The van der Waals surface area contributed by atoms with E-state index in [0.29, 0.717) is 18.0 Å². The predicted molar refractivity (Wildman–Crippen MR) is 105 cm³/mol. The molecular formula is C19H35ClN4O. The van der Waals surface area contributed by atoms with Crippen LogP contribution in [-0.2, 0) is 11.3 Å². The van der Waals surface area contributed by atoms with Crippen LogP contribution < -0.4 is 5.32 Å². The molecule has 144 valence electrons. The van der Waals surface area contributed by atoms with Crippen LogP contribution in [0.4, 0.5) is 0 Å². The van der Waals surface area contributed by atoms with Crippen LogP contribution in [0.2, 0.25) is 5.02 Å². The number of nitrogens with one attached hydrogen (secondary N) is 1. The van der Waals surface area contributed by atoms with Gasteiger partial charge in [0.05, 0.1) is 11.2 Å². The number of carbonyl (C=O) groups is 1. The molecule has 5 nitrogen and oxygen atoms in total. The summed E-state index contributed by atoms with van der Waals surface area (Å²) in [7, 11) is 0. The third-order valence-corrected chi connectivity index (χ3v) is 4.46. The van der Waals surface area contributed by atoms with E-state index in [1.165, 1.54) is 38.5 Å². The van der Waals surface area contributed by atoms with Gasteiger partial charge in [-0.2, -0.15) is 5.10 Å². The summed E-state index contributed by atoms with van der Waals surface area (Å²) in [4.78, 5) is 14.6. The van der Waals surface area contributed by atoms with Gasteiger partial charge in [-0.3, -0.25) is 9.48 Å². The second kappa shape index (κ2) is 13.2. The molecule has 0 aliphatic rings. The first kappa shape index (κ1) is 22.0. The van der Waals surface area contributed by atoms with Crippen LogP contribution >= 0.6 is 11.6 Å². The van der Waals surface area contributed by atoms with Crippen molar-refractivity contribution < 1.29 is 4.79 Å². The zero-order valence-corrected chi connectivity index (χ0v) is 16.9. The van der Waals surface area contributed by atoms with E-state index in [0.717, 1.165) is 19.6 Å². The summed E-state index contributed by atoms with van der Waals surface area (Å²) in [6, 6.07) is 0.164. The fraction of sp³-hybridized carbons (Fsp3) is 0.789. The van der Waals surface area contributed by atoms with Crippen molar-refractivity contribution in [1.82, 2.24) is 20.0 Å². The molecule has 1 aromatic rings. The lowest BCUT2D eigenvalue weighted by atomic mass is 10.2. The van der Waals surface area contributed by atoms with Gasteiger partial charge in [0.2, 0.25) is 5.91 Å². The molecule has 1 unspecified atom stereocenters. The van der Waals surface area contributed by atoms with Gasteiger partial charge in [-0.25, -0.2) is 0 Å². The second-order valence-electron chi connectivity index (χ2n) is 6.86. The van der Waals surface area contributed by atoms with Gasteiger partial charge in [0, 0.05) is 31.7 Å². The van der Waals surface area contributed by atoms with E-state index in [9.17, 15) is 4.79 Å². The highest BCUT2D eigenvalue weighted by molar-refractivity contribution is 6.30. The number of amides is 1. The SMILES string of the molecule is CCCCCN(CCCCC)CC(C)NC(=O)CCn1cc(Cl)cn1. The number of carbonyl (C=O) groups excluding carboxylic acids is 1. The molecule has 1 atom stereocenters. The number of aryl methyl sites for hydroxylation is 1. The quantitative estimate of drug-likeness (QED) is 0.501. The molecule has 1 amide bonds. The molecule has 0 saturated heterocycles. The number of rotatable bonds is 14. The fourth-order valence-electron chi connectivity index (χ4n) is 2.92. The van der Waals surface area contributed by atoms with Gasteiger partial charge in [0.15, 0.2) is 0 Å². The van der Waals surface area contributed by atoms with Crippen molar-refractivity contribution in [2.45, 2.75) is 78.3 Å². The second-order valence-corrected chi connectivity index (χ2v) is 7.29. The lowest BCUT2D eigenvalue weighted by Gasteiger charge is -2.26. The lowest BCUT2D eigenvalue weighted by Crippen LogP contribution is -2.42. The van der Waals surface area contributed by atoms with Gasteiger partial charge < -0.3 is 10.2 Å². The van der Waals surface area contributed by atoms with Crippen LogP contribution in [0, 0.1) is 0 Å². The molecule has 0 aliphatic carbocycles. The van der Waals surface area contributed by atoms with E-state index in [1.807, 2.05) is 0 Å². The molecule has 0 fully saturated rings. The van der Waals surface area contributed by atoms with Gasteiger partial charge in [-0.15, -0.1) is 0 Å². The number of hydrogen-bond acceptors (Lipinski definition) is 3. The monoisotopic (exact) mass is 370 g/mol. The van der Waals surface area contributed by atoms with Gasteiger partial charge in [-0.05, 0) is 32.9 Å². The minimum absolute atomic E-state index is 0.0705. The van der Waals surface area contributed by atoms with Crippen molar-refractivity contribution in [3.05, 3.63) is 17.4 Å². The van der Waals surface area contributed by atoms with Gasteiger partial charge >= 0.3 is 0 Å². The Hall–Kier alpha value is -1.07. The molecular weight excluding hydrogens is 336 g/mol. The molecule has 1 aromatic heterocycles. The van der Waals surface area contributed by atoms with Crippen LogP contribution in [0.3, 0.4) is 0 Å². The Bertz CT molecular complexity index is 468. The van der Waals surface area contributed by atoms with E-state index in [-0.39, 0.29) is 11.9 Å². The first-order valence-electron chi connectivity index (χ1n) is 9.74. The van der Waals surface area contributed by atoms with Crippen molar-refractivity contribution in [2.24, 2.45) is 0 Å². The molecule has 25 heavy (non-hydrogen) atoms. The van der Waals surface area contributed by atoms with E-state index in [2.05, 4.69) is 36.1 Å². The molecule has 0 aromatic carbocycles. The highest BCUT2D eigenvalue weighted by atomic mass is 35.5. The minimum atomic E-state index is 0.0705. The van der Waals surface area contributed by atoms with E-state index >= 15 is 0 Å². The third-order valence-electron chi connectivity index (χ3n) is 4.26. The van der Waals surface area contributed by atoms with Crippen LogP contribution in [0.5, 0.6) is 0 Å². The maximum absolute atomic E-state index is 12.1. The van der Waals surface area contributed by atoms with E-state index in [1.54, 1.807) is 17.1 Å². The van der Waals surface area contributed by atoms with Crippen molar-refractivity contribution >= 4 is 17.5 Å². The Morgan fingerprint density at radius 1 is 1.24 bits per heavy atom. The van der Waals surface area contributed by atoms with Gasteiger partial charge in [-0.1, -0.05) is 51.1 Å². The van der Waals surface area contributed by atoms with Crippen molar-refractivity contribution in [1.29, 1.82) is 0 Å². The number of hydrogen-bond donors (Lipinski definition) is 1. The van der Waals surface area contributed by atoms with Crippen LogP contribution in [0.1, 0.15) is 65.7 Å². The first-order chi connectivity index (χ1) is 12.0. The highest BCUT2D eigenvalue weighted by Gasteiger charge is 2.12. The van der Waals surface area contributed by atoms with Gasteiger partial charge in [0.25, 0.3) is 0 Å². The molecule has 0 saturated carbocycles. The number of aromatic nitrogens is 2. The molecule has 1 rings (SSSR count). The van der Waals surface area contributed by atoms with Gasteiger partial charge in [0.1, 0.15) is 0 Å². The standard InChI is InChI=1S/C19H35ClN4O/c1-4-6-8-11-23(12-9-7-5-2)15-17(3)22-19(25)10-13-24-16-18(20)14-21-24/h14,16-17H,4-13,15H2,1-3H3,(H,22,25). The minimum Gasteiger partial charge on any atom is -0.352 e. The molecule has 0 aliphatic heterocycles. The van der Waals surface area contributed by atoms with Crippen molar-refractivity contribution in [2.75, 3.05) is 19.6 Å². The molecule has 0 spiro atoms. The first-order valence-corrected chi connectivity index (χ1v) is 10.1. The van der Waals surface area contributed by atoms with E-state index < -0.39 is 0 Å².